The molecule has 104 valence electrons. The lowest BCUT2D eigenvalue weighted by Crippen LogP contribution is -2.09. The van der Waals surface area contributed by atoms with E-state index in [2.05, 4.69) is 25.9 Å². The van der Waals surface area contributed by atoms with Gasteiger partial charge in [0.05, 0.1) is 15.9 Å². The van der Waals surface area contributed by atoms with Gasteiger partial charge in [-0.05, 0) is 29.8 Å². The summed E-state index contributed by atoms with van der Waals surface area (Å²) in [5.74, 6) is 0. The van der Waals surface area contributed by atoms with Crippen molar-refractivity contribution >= 4 is 33.5 Å². The Morgan fingerprint density at radius 2 is 2.10 bits per heavy atom. The van der Waals surface area contributed by atoms with Crippen LogP contribution in [0.3, 0.4) is 0 Å². The van der Waals surface area contributed by atoms with Crippen LogP contribution in [0.5, 0.6) is 0 Å². The molecule has 0 aliphatic carbocycles. The second-order valence-corrected chi connectivity index (χ2v) is 5.20. The Hall–Kier alpha value is -2.60. The summed E-state index contributed by atoms with van der Waals surface area (Å²) < 4.78 is 1.11. The minimum Gasteiger partial charge on any atom is -0.312 e. The third-order valence-electron chi connectivity index (χ3n) is 3.04. The minimum atomic E-state index is 0.506. The molecule has 3 aromatic rings. The Bertz CT molecular complexity index is 807. The van der Waals surface area contributed by atoms with Crippen LogP contribution in [0.4, 0.5) is 0 Å². The lowest BCUT2D eigenvalue weighted by Gasteiger charge is -2.02. The predicted octanol–water partition coefficient (Wildman–Crippen LogP) is 2.93. The molecule has 0 saturated heterocycles. The molecule has 0 atom stereocenters. The van der Waals surface area contributed by atoms with Crippen molar-refractivity contribution in [3.8, 4) is 11.1 Å². The first kappa shape index (κ1) is 13.4. The summed E-state index contributed by atoms with van der Waals surface area (Å²) in [7, 11) is 1.70. The molecule has 6 heteroatoms. The first-order chi connectivity index (χ1) is 10.3. The molecule has 0 aliphatic rings. The zero-order valence-electron chi connectivity index (χ0n) is 11.4. The van der Waals surface area contributed by atoms with E-state index in [1.807, 2.05) is 24.3 Å². The molecule has 0 saturated carbocycles. The Kier molecular flexibility index (Phi) is 3.70. The zero-order chi connectivity index (χ0) is 14.7. The van der Waals surface area contributed by atoms with Crippen molar-refractivity contribution in [2.24, 2.45) is 5.10 Å². The van der Waals surface area contributed by atoms with E-state index in [0.29, 0.717) is 11.4 Å². The first-order valence-corrected chi connectivity index (χ1v) is 7.25. The summed E-state index contributed by atoms with van der Waals surface area (Å²) in [5, 5.41) is 13.6. The molecule has 2 N–H and O–H groups in total. The number of rotatable bonds is 4. The average Bonchev–Trinajstić information content (AvgIpc) is 2.96. The number of hydrazone groups is 1. The zero-order valence-corrected chi connectivity index (χ0v) is 12.2. The van der Waals surface area contributed by atoms with E-state index >= 15 is 0 Å². The van der Waals surface area contributed by atoms with Gasteiger partial charge in [0.25, 0.3) is 0 Å². The van der Waals surface area contributed by atoms with E-state index in [9.17, 15) is 0 Å². The largest absolute Gasteiger partial charge is 0.312 e. The standard InChI is InChI=1S/C15H13N5S/c1-17-20-13(8-16)12-2-3-14-15(19-12)11(9-21-14)10-4-6-18-7-5-10/h2-9,16-17H,1H3/b16-8?,20-13+. The molecule has 0 fully saturated rings. The Balaban J connectivity index is 2.17. The summed E-state index contributed by atoms with van der Waals surface area (Å²) in [5.41, 5.74) is 6.97. The summed E-state index contributed by atoms with van der Waals surface area (Å²) >= 11 is 1.65. The molecule has 3 aromatic heterocycles. The number of pyridine rings is 2. The number of nitrogens with one attached hydrogen (secondary N) is 2. The highest BCUT2D eigenvalue weighted by Gasteiger charge is 2.10. The normalized spacial score (nSPS) is 11.6. The quantitative estimate of drug-likeness (QED) is 0.574. The lowest BCUT2D eigenvalue weighted by molar-refractivity contribution is 0.903. The van der Waals surface area contributed by atoms with Crippen molar-refractivity contribution in [2.45, 2.75) is 0 Å². The maximum atomic E-state index is 7.45. The van der Waals surface area contributed by atoms with Gasteiger partial charge in [-0.25, -0.2) is 4.98 Å². The summed E-state index contributed by atoms with van der Waals surface area (Å²) in [6.45, 7) is 0. The molecule has 0 bridgehead atoms. The average molecular weight is 295 g/mol. The SMILES string of the molecule is CN/N=C(\C=N)c1ccc2scc(-c3ccncc3)c2n1. The topological polar surface area (TPSA) is 74.0 Å². The van der Waals surface area contributed by atoms with Crippen molar-refractivity contribution in [1.29, 1.82) is 5.41 Å². The van der Waals surface area contributed by atoms with Crippen LogP contribution in [-0.2, 0) is 0 Å². The van der Waals surface area contributed by atoms with Crippen LogP contribution in [0, 0.1) is 5.41 Å². The smallest absolute Gasteiger partial charge is 0.126 e. The van der Waals surface area contributed by atoms with Crippen LogP contribution < -0.4 is 5.43 Å². The second-order valence-electron chi connectivity index (χ2n) is 4.29. The maximum absolute atomic E-state index is 7.45. The first-order valence-electron chi connectivity index (χ1n) is 6.37. The van der Waals surface area contributed by atoms with Crippen LogP contribution in [0.1, 0.15) is 5.69 Å². The third-order valence-corrected chi connectivity index (χ3v) is 3.98. The predicted molar refractivity (Wildman–Crippen MR) is 87.2 cm³/mol. The number of aromatic nitrogens is 2. The van der Waals surface area contributed by atoms with Gasteiger partial charge in [0.2, 0.25) is 0 Å². The van der Waals surface area contributed by atoms with Gasteiger partial charge in [-0.1, -0.05) is 0 Å². The van der Waals surface area contributed by atoms with Gasteiger partial charge in [-0.3, -0.25) is 4.98 Å². The van der Waals surface area contributed by atoms with Gasteiger partial charge in [-0.2, -0.15) is 5.10 Å². The summed E-state index contributed by atoms with van der Waals surface area (Å²) in [6, 6.07) is 7.84. The minimum absolute atomic E-state index is 0.506. The Labute approximate surface area is 125 Å². The van der Waals surface area contributed by atoms with Crippen molar-refractivity contribution in [2.75, 3.05) is 7.05 Å². The van der Waals surface area contributed by atoms with Crippen molar-refractivity contribution in [3.63, 3.8) is 0 Å². The van der Waals surface area contributed by atoms with E-state index in [1.165, 1.54) is 6.21 Å². The van der Waals surface area contributed by atoms with Crippen molar-refractivity contribution in [1.82, 2.24) is 15.4 Å². The Morgan fingerprint density at radius 3 is 2.81 bits per heavy atom. The molecule has 21 heavy (non-hydrogen) atoms. The third kappa shape index (κ3) is 2.53. The fraction of sp³-hybridized carbons (Fsp3) is 0.0667. The van der Waals surface area contributed by atoms with Crippen molar-refractivity contribution in [3.05, 3.63) is 47.7 Å². The number of nitrogens with zero attached hydrogens (tertiary/aromatic N) is 3. The molecule has 0 spiro atoms. The van der Waals surface area contributed by atoms with Gasteiger partial charge < -0.3 is 10.8 Å². The van der Waals surface area contributed by atoms with E-state index in [-0.39, 0.29) is 0 Å². The van der Waals surface area contributed by atoms with E-state index < -0.39 is 0 Å². The molecular formula is C15H13N5S. The highest BCUT2D eigenvalue weighted by atomic mass is 32.1. The molecule has 5 nitrogen and oxygen atoms in total. The number of fused-ring (bicyclic) bond motifs is 1. The van der Waals surface area contributed by atoms with Crippen LogP contribution in [0.15, 0.2) is 47.1 Å². The highest BCUT2D eigenvalue weighted by molar-refractivity contribution is 7.17. The molecule has 3 heterocycles. The monoisotopic (exact) mass is 295 g/mol. The van der Waals surface area contributed by atoms with Crippen LogP contribution in [0.25, 0.3) is 21.3 Å². The highest BCUT2D eigenvalue weighted by Crippen LogP contribution is 2.32. The van der Waals surface area contributed by atoms with Gasteiger partial charge >= 0.3 is 0 Å². The molecule has 0 aliphatic heterocycles. The van der Waals surface area contributed by atoms with Gasteiger partial charge in [0.15, 0.2) is 0 Å². The summed E-state index contributed by atoms with van der Waals surface area (Å²) in [6.07, 6.45) is 4.74. The van der Waals surface area contributed by atoms with Gasteiger partial charge in [0.1, 0.15) is 5.71 Å². The second kappa shape index (κ2) is 5.80. The van der Waals surface area contributed by atoms with Crippen molar-refractivity contribution < 1.29 is 0 Å². The number of thiophene rings is 1. The fourth-order valence-electron chi connectivity index (χ4n) is 2.08. The van der Waals surface area contributed by atoms with E-state index in [0.717, 1.165) is 21.3 Å². The van der Waals surface area contributed by atoms with Gasteiger partial charge in [0, 0.05) is 36.6 Å². The molecule has 0 radical (unpaired) electrons. The van der Waals surface area contributed by atoms with Crippen LogP contribution >= 0.6 is 11.3 Å². The number of hydrogen-bond donors (Lipinski definition) is 2. The van der Waals surface area contributed by atoms with Gasteiger partial charge in [-0.15, -0.1) is 11.3 Å². The molecule has 0 unspecified atom stereocenters. The molecule has 0 aromatic carbocycles. The Morgan fingerprint density at radius 1 is 1.29 bits per heavy atom. The molecular weight excluding hydrogens is 282 g/mol. The van der Waals surface area contributed by atoms with Crippen LogP contribution in [-0.4, -0.2) is 28.9 Å². The van der Waals surface area contributed by atoms with E-state index in [4.69, 9.17) is 5.41 Å². The van der Waals surface area contributed by atoms with Crippen LogP contribution in [0.2, 0.25) is 0 Å². The fourth-order valence-corrected chi connectivity index (χ4v) is 2.98. The molecule has 0 amide bonds. The number of hydrogen-bond acceptors (Lipinski definition) is 6. The lowest BCUT2D eigenvalue weighted by atomic mass is 10.1. The summed E-state index contributed by atoms with van der Waals surface area (Å²) in [4.78, 5) is 8.71. The van der Waals surface area contributed by atoms with E-state index in [1.54, 1.807) is 30.8 Å². The molecule has 3 rings (SSSR count). The maximum Gasteiger partial charge on any atom is 0.126 e.